The smallest absolute Gasteiger partial charge is 0.161 e. The molecule has 2 aromatic carbocycles. The number of ether oxygens (including phenoxy) is 3. The molecule has 0 saturated heterocycles. The number of rotatable bonds is 5. The molecule has 0 heterocycles. The molecule has 0 aliphatic rings. The Balaban J connectivity index is 2.37. The van der Waals surface area contributed by atoms with Gasteiger partial charge >= 0.3 is 0 Å². The van der Waals surface area contributed by atoms with E-state index >= 15 is 0 Å². The lowest BCUT2D eigenvalue weighted by atomic mass is 10.0. The van der Waals surface area contributed by atoms with E-state index in [-0.39, 0.29) is 5.56 Å². The van der Waals surface area contributed by atoms with E-state index in [0.717, 1.165) is 0 Å². The van der Waals surface area contributed by atoms with Crippen molar-refractivity contribution >= 4 is 0 Å². The van der Waals surface area contributed by atoms with Crippen molar-refractivity contribution in [2.45, 2.75) is 6.10 Å². The maximum absolute atomic E-state index is 14.0. The van der Waals surface area contributed by atoms with Crippen LogP contribution in [-0.2, 0) is 0 Å². The minimum absolute atomic E-state index is 0.169. The lowest BCUT2D eigenvalue weighted by Gasteiger charge is -2.15. The number of aliphatic hydroxyl groups excluding tert-OH is 1. The van der Waals surface area contributed by atoms with Crippen LogP contribution in [-0.4, -0.2) is 26.4 Å². The highest BCUT2D eigenvalue weighted by molar-refractivity contribution is 5.45. The van der Waals surface area contributed by atoms with Gasteiger partial charge in [-0.3, -0.25) is 0 Å². The molecule has 1 atom stereocenters. The van der Waals surface area contributed by atoms with E-state index in [1.807, 2.05) is 0 Å². The zero-order valence-electron chi connectivity index (χ0n) is 12.1. The fourth-order valence-electron chi connectivity index (χ4n) is 2.06. The second kappa shape index (κ2) is 6.45. The van der Waals surface area contributed by atoms with Crippen LogP contribution in [0.15, 0.2) is 36.4 Å². The Labute approximate surface area is 122 Å². The van der Waals surface area contributed by atoms with Crippen LogP contribution in [0.1, 0.15) is 17.2 Å². The van der Waals surface area contributed by atoms with Crippen LogP contribution >= 0.6 is 0 Å². The number of aliphatic hydroxyl groups is 1. The zero-order valence-corrected chi connectivity index (χ0v) is 12.1. The zero-order chi connectivity index (χ0) is 15.4. The maximum Gasteiger partial charge on any atom is 0.161 e. The standard InChI is InChI=1S/C16H17FO4/c1-19-11-5-6-12(13(17)9-11)16(18)10-4-7-14(20-2)15(8-10)21-3/h4-9,16,18H,1-3H3. The lowest BCUT2D eigenvalue weighted by Crippen LogP contribution is -2.04. The molecular formula is C16H17FO4. The van der Waals surface area contributed by atoms with Crippen LogP contribution in [0.3, 0.4) is 0 Å². The van der Waals surface area contributed by atoms with Crippen molar-refractivity contribution in [1.29, 1.82) is 0 Å². The summed E-state index contributed by atoms with van der Waals surface area (Å²) in [7, 11) is 4.48. The normalized spacial score (nSPS) is 11.9. The summed E-state index contributed by atoms with van der Waals surface area (Å²) >= 11 is 0. The number of benzene rings is 2. The molecule has 1 N–H and O–H groups in total. The summed E-state index contributed by atoms with van der Waals surface area (Å²) < 4.78 is 29.3. The summed E-state index contributed by atoms with van der Waals surface area (Å²) in [6.45, 7) is 0. The monoisotopic (exact) mass is 292 g/mol. The molecule has 0 saturated carbocycles. The number of hydrogen-bond donors (Lipinski definition) is 1. The molecule has 0 fully saturated rings. The first-order chi connectivity index (χ1) is 10.1. The quantitative estimate of drug-likeness (QED) is 0.920. The first-order valence-corrected chi connectivity index (χ1v) is 6.34. The first kappa shape index (κ1) is 15.1. The Bertz CT molecular complexity index is 628. The van der Waals surface area contributed by atoms with Crippen molar-refractivity contribution in [2.75, 3.05) is 21.3 Å². The van der Waals surface area contributed by atoms with Gasteiger partial charge < -0.3 is 19.3 Å². The number of halogens is 1. The van der Waals surface area contributed by atoms with Gasteiger partial charge in [-0.05, 0) is 29.8 Å². The van der Waals surface area contributed by atoms with Crippen molar-refractivity contribution in [3.63, 3.8) is 0 Å². The van der Waals surface area contributed by atoms with Crippen molar-refractivity contribution in [1.82, 2.24) is 0 Å². The fraction of sp³-hybridized carbons (Fsp3) is 0.250. The van der Waals surface area contributed by atoms with Crippen molar-refractivity contribution in [2.24, 2.45) is 0 Å². The van der Waals surface area contributed by atoms with E-state index in [2.05, 4.69) is 0 Å². The SMILES string of the molecule is COc1ccc(C(O)c2ccc(OC)c(OC)c2)c(F)c1. The van der Waals surface area contributed by atoms with Gasteiger partial charge in [-0.2, -0.15) is 0 Å². The van der Waals surface area contributed by atoms with Gasteiger partial charge in [-0.25, -0.2) is 4.39 Å². The van der Waals surface area contributed by atoms with E-state index in [1.54, 1.807) is 24.3 Å². The molecule has 0 aromatic heterocycles. The second-order valence-corrected chi connectivity index (χ2v) is 4.40. The van der Waals surface area contributed by atoms with Crippen LogP contribution in [0.2, 0.25) is 0 Å². The third-order valence-electron chi connectivity index (χ3n) is 3.23. The van der Waals surface area contributed by atoms with E-state index in [9.17, 15) is 9.50 Å². The molecule has 5 heteroatoms. The van der Waals surface area contributed by atoms with Gasteiger partial charge in [0.2, 0.25) is 0 Å². The summed E-state index contributed by atoms with van der Waals surface area (Å²) in [6.07, 6.45) is -1.10. The van der Waals surface area contributed by atoms with Gasteiger partial charge in [-0.15, -0.1) is 0 Å². The minimum Gasteiger partial charge on any atom is -0.497 e. The van der Waals surface area contributed by atoms with Crippen LogP contribution < -0.4 is 14.2 Å². The maximum atomic E-state index is 14.0. The van der Waals surface area contributed by atoms with Crippen molar-refractivity contribution in [3.8, 4) is 17.2 Å². The highest BCUT2D eigenvalue weighted by Crippen LogP contribution is 2.33. The molecule has 2 aromatic rings. The highest BCUT2D eigenvalue weighted by atomic mass is 19.1. The predicted molar refractivity (Wildman–Crippen MR) is 76.6 cm³/mol. The molecule has 1 unspecified atom stereocenters. The summed E-state index contributed by atoms with van der Waals surface area (Å²) in [5.41, 5.74) is 0.680. The molecular weight excluding hydrogens is 275 g/mol. The second-order valence-electron chi connectivity index (χ2n) is 4.40. The Morgan fingerprint density at radius 1 is 0.905 bits per heavy atom. The Kier molecular flexibility index (Phi) is 4.65. The van der Waals surface area contributed by atoms with Crippen molar-refractivity contribution < 1.29 is 23.7 Å². The fourth-order valence-corrected chi connectivity index (χ4v) is 2.06. The van der Waals surface area contributed by atoms with E-state index in [4.69, 9.17) is 14.2 Å². The molecule has 0 radical (unpaired) electrons. The third kappa shape index (κ3) is 3.08. The van der Waals surface area contributed by atoms with E-state index in [1.165, 1.54) is 33.5 Å². The molecule has 0 amide bonds. The summed E-state index contributed by atoms with van der Waals surface area (Å²) in [5, 5.41) is 10.3. The third-order valence-corrected chi connectivity index (χ3v) is 3.23. The molecule has 2 rings (SSSR count). The largest absolute Gasteiger partial charge is 0.497 e. The Hall–Kier alpha value is -2.27. The minimum atomic E-state index is -1.10. The van der Waals surface area contributed by atoms with Crippen LogP contribution in [0.5, 0.6) is 17.2 Å². The topological polar surface area (TPSA) is 47.9 Å². The number of hydrogen-bond acceptors (Lipinski definition) is 4. The molecule has 4 nitrogen and oxygen atoms in total. The first-order valence-electron chi connectivity index (χ1n) is 6.34. The van der Waals surface area contributed by atoms with Crippen LogP contribution in [0.25, 0.3) is 0 Å². The molecule has 0 spiro atoms. The van der Waals surface area contributed by atoms with Crippen molar-refractivity contribution in [3.05, 3.63) is 53.3 Å². The molecule has 21 heavy (non-hydrogen) atoms. The van der Waals surface area contributed by atoms with Gasteiger partial charge in [0, 0.05) is 11.6 Å². The van der Waals surface area contributed by atoms with Gasteiger partial charge in [-0.1, -0.05) is 6.07 Å². The average Bonchev–Trinajstić information content (AvgIpc) is 2.53. The summed E-state index contributed by atoms with van der Waals surface area (Å²) in [4.78, 5) is 0. The molecule has 0 bridgehead atoms. The van der Waals surface area contributed by atoms with Gasteiger partial charge in [0.15, 0.2) is 11.5 Å². The van der Waals surface area contributed by atoms with Crippen LogP contribution in [0.4, 0.5) is 4.39 Å². The summed E-state index contributed by atoms with van der Waals surface area (Å²) in [5.74, 6) is 0.888. The summed E-state index contributed by atoms with van der Waals surface area (Å²) in [6, 6.07) is 9.28. The van der Waals surface area contributed by atoms with Gasteiger partial charge in [0.1, 0.15) is 17.7 Å². The number of methoxy groups -OCH3 is 3. The molecule has 112 valence electrons. The Morgan fingerprint density at radius 3 is 2.19 bits per heavy atom. The predicted octanol–water partition coefficient (Wildman–Crippen LogP) is 2.93. The van der Waals surface area contributed by atoms with Crippen LogP contribution in [0, 0.1) is 5.82 Å². The molecule has 0 aliphatic heterocycles. The molecule has 0 aliphatic carbocycles. The lowest BCUT2D eigenvalue weighted by molar-refractivity contribution is 0.214. The van der Waals surface area contributed by atoms with Gasteiger partial charge in [0.25, 0.3) is 0 Å². The Morgan fingerprint density at radius 2 is 1.62 bits per heavy atom. The van der Waals surface area contributed by atoms with E-state index < -0.39 is 11.9 Å². The van der Waals surface area contributed by atoms with E-state index in [0.29, 0.717) is 22.8 Å². The van der Waals surface area contributed by atoms with Gasteiger partial charge in [0.05, 0.1) is 21.3 Å². The average molecular weight is 292 g/mol. The highest BCUT2D eigenvalue weighted by Gasteiger charge is 2.17.